The van der Waals surface area contributed by atoms with Crippen molar-refractivity contribution in [3.05, 3.63) is 59.7 Å². The van der Waals surface area contributed by atoms with E-state index >= 15 is 0 Å². The largest absolute Gasteiger partial charge is 0.484 e. The molecular weight excluding hydrogens is 380 g/mol. The summed E-state index contributed by atoms with van der Waals surface area (Å²) in [6.45, 7) is -0.550. The van der Waals surface area contributed by atoms with Crippen LogP contribution in [0.5, 0.6) is 11.5 Å². The number of benzene rings is 2. The average molecular weight is 402 g/mol. The number of aliphatic hydroxyl groups is 4. The Balaban J connectivity index is 1.54. The lowest BCUT2D eigenvalue weighted by Crippen LogP contribution is -2.60. The van der Waals surface area contributed by atoms with Crippen molar-refractivity contribution in [2.45, 2.75) is 43.2 Å². The predicted molar refractivity (Wildman–Crippen MR) is 99.6 cm³/mol. The number of hydrogen-bond donors (Lipinski definition) is 4. The zero-order valence-electron chi connectivity index (χ0n) is 15.4. The zero-order valence-corrected chi connectivity index (χ0v) is 15.4. The first kappa shape index (κ1) is 19.8. The predicted octanol–water partition coefficient (Wildman–Crippen LogP) is 0.572. The number of ether oxygens (including phenoxy) is 3. The first-order valence-corrected chi connectivity index (χ1v) is 9.34. The fourth-order valence-electron chi connectivity index (χ4n) is 3.53. The quantitative estimate of drug-likeness (QED) is 0.585. The lowest BCUT2D eigenvalue weighted by Gasteiger charge is -2.39. The smallest absolute Gasteiger partial charge is 0.229 e. The Morgan fingerprint density at radius 3 is 2.48 bits per heavy atom. The summed E-state index contributed by atoms with van der Waals surface area (Å²) in [5, 5.41) is 39.2. The van der Waals surface area contributed by atoms with Crippen LogP contribution in [0.3, 0.4) is 0 Å². The Kier molecular flexibility index (Phi) is 5.53. The Morgan fingerprint density at radius 1 is 1.00 bits per heavy atom. The molecule has 0 amide bonds. The maximum absolute atomic E-state index is 12.5. The van der Waals surface area contributed by atoms with E-state index in [4.69, 9.17) is 14.2 Å². The van der Waals surface area contributed by atoms with Gasteiger partial charge in [-0.25, -0.2) is 0 Å². The molecule has 0 spiro atoms. The highest BCUT2D eigenvalue weighted by Crippen LogP contribution is 2.37. The number of Topliss-reactive ketones (excluding diaryl/α,β-unsaturated/α-hetero) is 1. The van der Waals surface area contributed by atoms with Crippen molar-refractivity contribution in [1.29, 1.82) is 0 Å². The highest BCUT2D eigenvalue weighted by Gasteiger charge is 2.44. The molecule has 2 aliphatic heterocycles. The number of carbonyl (C=O) groups excluding carboxylic acids is 1. The van der Waals surface area contributed by atoms with Gasteiger partial charge in [-0.15, -0.1) is 0 Å². The van der Waals surface area contributed by atoms with Crippen LogP contribution in [-0.4, -0.2) is 63.5 Å². The Morgan fingerprint density at radius 2 is 1.76 bits per heavy atom. The third-order valence-electron chi connectivity index (χ3n) is 5.17. The number of hydrogen-bond acceptors (Lipinski definition) is 8. The van der Waals surface area contributed by atoms with Crippen molar-refractivity contribution >= 4 is 5.78 Å². The molecular formula is C21H22O8. The summed E-state index contributed by atoms with van der Waals surface area (Å²) < 4.78 is 17.0. The van der Waals surface area contributed by atoms with Crippen LogP contribution in [-0.2, 0) is 4.74 Å². The van der Waals surface area contributed by atoms with E-state index in [1.54, 1.807) is 6.07 Å². The highest BCUT2D eigenvalue weighted by atomic mass is 16.7. The van der Waals surface area contributed by atoms with Crippen molar-refractivity contribution < 1.29 is 39.4 Å². The molecule has 0 bridgehead atoms. The molecule has 1 unspecified atom stereocenters. The summed E-state index contributed by atoms with van der Waals surface area (Å²) in [7, 11) is 0. The van der Waals surface area contributed by atoms with E-state index in [1.807, 2.05) is 30.3 Å². The Labute approximate surface area is 166 Å². The third-order valence-corrected chi connectivity index (χ3v) is 5.17. The van der Waals surface area contributed by atoms with Gasteiger partial charge in [0.25, 0.3) is 0 Å². The van der Waals surface area contributed by atoms with Gasteiger partial charge in [0, 0.05) is 6.07 Å². The third kappa shape index (κ3) is 3.85. The van der Waals surface area contributed by atoms with E-state index < -0.39 is 43.4 Å². The second kappa shape index (κ2) is 8.10. The van der Waals surface area contributed by atoms with Gasteiger partial charge in [-0.05, 0) is 17.7 Å². The van der Waals surface area contributed by atoms with Crippen LogP contribution in [0.1, 0.15) is 28.4 Å². The molecule has 8 heteroatoms. The van der Waals surface area contributed by atoms with Crippen LogP contribution in [0, 0.1) is 0 Å². The van der Waals surface area contributed by atoms with Crippen molar-refractivity contribution in [2.24, 2.45) is 0 Å². The lowest BCUT2D eigenvalue weighted by molar-refractivity contribution is -0.277. The summed E-state index contributed by atoms with van der Waals surface area (Å²) in [5.41, 5.74) is 1.31. The standard InChI is InChI=1S/C21H22O8/c22-10-17-18(24)19(25)20(26)21(29-17)27-12-6-7-13-14(23)9-15(28-16(13)8-12)11-4-2-1-3-5-11/h1-8,15,17-22,24-26H,9-10H2/t15?,17-,18+,19+,20-,21+/m1/s1. The molecule has 0 aliphatic carbocycles. The van der Waals surface area contributed by atoms with Crippen LogP contribution in [0.25, 0.3) is 0 Å². The second-order valence-corrected chi connectivity index (χ2v) is 7.12. The molecule has 4 rings (SSSR count). The minimum atomic E-state index is -1.54. The number of rotatable bonds is 4. The van der Waals surface area contributed by atoms with E-state index in [0.717, 1.165) is 5.56 Å². The summed E-state index contributed by atoms with van der Waals surface area (Å²) in [4.78, 5) is 12.5. The molecule has 2 heterocycles. The lowest BCUT2D eigenvalue weighted by atomic mass is 9.96. The number of carbonyl (C=O) groups is 1. The first-order valence-electron chi connectivity index (χ1n) is 9.34. The SMILES string of the molecule is O=C1CC(c2ccccc2)Oc2cc(O[C@H]3O[C@H](CO)[C@H](O)[C@H](O)[C@H]3O)ccc21. The van der Waals surface area contributed by atoms with Gasteiger partial charge >= 0.3 is 0 Å². The summed E-state index contributed by atoms with van der Waals surface area (Å²) >= 11 is 0. The van der Waals surface area contributed by atoms with Gasteiger partial charge in [-0.1, -0.05) is 30.3 Å². The molecule has 0 radical (unpaired) electrons. The van der Waals surface area contributed by atoms with Crippen molar-refractivity contribution in [1.82, 2.24) is 0 Å². The van der Waals surface area contributed by atoms with Crippen molar-refractivity contribution in [3.63, 3.8) is 0 Å². The van der Waals surface area contributed by atoms with Gasteiger partial charge < -0.3 is 34.6 Å². The normalized spacial score (nSPS) is 31.7. The van der Waals surface area contributed by atoms with E-state index in [9.17, 15) is 25.2 Å². The number of aliphatic hydroxyl groups excluding tert-OH is 4. The molecule has 6 atom stereocenters. The number of ketones is 1. The minimum absolute atomic E-state index is 0.0560. The summed E-state index contributed by atoms with van der Waals surface area (Å²) in [6, 6.07) is 14.0. The van der Waals surface area contributed by atoms with E-state index in [2.05, 4.69) is 0 Å². The van der Waals surface area contributed by atoms with E-state index in [1.165, 1.54) is 12.1 Å². The molecule has 154 valence electrons. The summed E-state index contributed by atoms with van der Waals surface area (Å²) in [5.74, 6) is 0.534. The van der Waals surface area contributed by atoms with Gasteiger partial charge in [0.15, 0.2) is 5.78 Å². The van der Waals surface area contributed by atoms with Crippen LogP contribution in [0.15, 0.2) is 48.5 Å². The molecule has 1 saturated heterocycles. The zero-order chi connectivity index (χ0) is 20.5. The van der Waals surface area contributed by atoms with Gasteiger partial charge in [-0.2, -0.15) is 0 Å². The first-order chi connectivity index (χ1) is 14.0. The molecule has 1 fully saturated rings. The van der Waals surface area contributed by atoms with Crippen LogP contribution in [0.2, 0.25) is 0 Å². The topological polar surface area (TPSA) is 126 Å². The highest BCUT2D eigenvalue weighted by molar-refractivity contribution is 6.00. The van der Waals surface area contributed by atoms with Gasteiger partial charge in [-0.3, -0.25) is 4.79 Å². The Hall–Kier alpha value is -2.49. The fourth-order valence-corrected chi connectivity index (χ4v) is 3.53. The molecule has 4 N–H and O–H groups in total. The van der Waals surface area contributed by atoms with Gasteiger partial charge in [0.05, 0.1) is 18.6 Å². The average Bonchev–Trinajstić information content (AvgIpc) is 2.74. The van der Waals surface area contributed by atoms with E-state index in [0.29, 0.717) is 11.3 Å². The monoisotopic (exact) mass is 402 g/mol. The van der Waals surface area contributed by atoms with Gasteiger partial charge in [0.1, 0.15) is 42.0 Å². The molecule has 2 aromatic rings. The maximum atomic E-state index is 12.5. The van der Waals surface area contributed by atoms with Gasteiger partial charge in [0.2, 0.25) is 6.29 Å². The molecule has 2 aliphatic rings. The minimum Gasteiger partial charge on any atom is -0.484 e. The summed E-state index contributed by atoms with van der Waals surface area (Å²) in [6.07, 6.45) is -7.11. The van der Waals surface area contributed by atoms with Crippen LogP contribution in [0.4, 0.5) is 0 Å². The molecule has 0 aromatic heterocycles. The molecule has 8 nitrogen and oxygen atoms in total. The molecule has 2 aromatic carbocycles. The van der Waals surface area contributed by atoms with Crippen LogP contribution < -0.4 is 9.47 Å². The Bertz CT molecular complexity index is 868. The maximum Gasteiger partial charge on any atom is 0.229 e. The van der Waals surface area contributed by atoms with E-state index in [-0.39, 0.29) is 18.0 Å². The van der Waals surface area contributed by atoms with Crippen molar-refractivity contribution in [2.75, 3.05) is 6.61 Å². The van der Waals surface area contributed by atoms with Crippen molar-refractivity contribution in [3.8, 4) is 11.5 Å². The van der Waals surface area contributed by atoms with Crippen LogP contribution >= 0.6 is 0 Å². The fraction of sp³-hybridized carbons (Fsp3) is 0.381. The number of fused-ring (bicyclic) bond motifs is 1. The molecule has 0 saturated carbocycles. The molecule has 29 heavy (non-hydrogen) atoms. The second-order valence-electron chi connectivity index (χ2n) is 7.12.